The van der Waals surface area contributed by atoms with Crippen LogP contribution in [0.15, 0.2) is 24.4 Å². The fourth-order valence-electron chi connectivity index (χ4n) is 4.57. The number of benzene rings is 1. The fourth-order valence-corrected chi connectivity index (χ4v) is 4.84. The number of piperazine rings is 1. The number of carbonyl (C=O) groups excluding carboxylic acids is 1. The number of aromatic nitrogens is 2. The van der Waals surface area contributed by atoms with Gasteiger partial charge in [0, 0.05) is 57.0 Å². The van der Waals surface area contributed by atoms with E-state index in [0.717, 1.165) is 43.6 Å². The molecule has 0 radical (unpaired) electrons. The van der Waals surface area contributed by atoms with Gasteiger partial charge in [0.15, 0.2) is 0 Å². The summed E-state index contributed by atoms with van der Waals surface area (Å²) in [6, 6.07) is 5.57. The lowest BCUT2D eigenvalue weighted by molar-refractivity contribution is 0.0664. The summed E-state index contributed by atoms with van der Waals surface area (Å²) in [5.41, 5.74) is 2.15. The number of carbonyl (C=O) groups is 1. The van der Waals surface area contributed by atoms with Gasteiger partial charge >= 0.3 is 0 Å². The van der Waals surface area contributed by atoms with Gasteiger partial charge in [-0.15, -0.1) is 0 Å². The molecule has 2 saturated heterocycles. The van der Waals surface area contributed by atoms with E-state index in [1.165, 1.54) is 6.42 Å². The lowest BCUT2D eigenvalue weighted by atomic mass is 10.1. The monoisotopic (exact) mass is 456 g/mol. The molecule has 2 unspecified atom stereocenters. The fraction of sp³-hybridized carbons (Fsp3) is 0.522. The van der Waals surface area contributed by atoms with Gasteiger partial charge in [-0.25, -0.2) is 4.98 Å². The summed E-state index contributed by atoms with van der Waals surface area (Å²) in [4.78, 5) is 29.0. The molecule has 5 rings (SSSR count). The van der Waals surface area contributed by atoms with E-state index in [2.05, 4.69) is 27.1 Å². The normalized spacial score (nSPS) is 22.7. The minimum atomic E-state index is -0.0939. The topological polar surface area (TPSA) is 84.8 Å². The van der Waals surface area contributed by atoms with Crippen LogP contribution in [0, 0.1) is 11.8 Å². The molecular formula is C23H29ClN6O2. The molecule has 2 aromatic rings. The Balaban J connectivity index is 1.38. The number of hydrogen-bond donors (Lipinski definition) is 2. The molecule has 3 fully saturated rings. The van der Waals surface area contributed by atoms with Gasteiger partial charge < -0.3 is 25.1 Å². The van der Waals surface area contributed by atoms with Crippen molar-refractivity contribution in [3.8, 4) is 0 Å². The second-order valence-electron chi connectivity index (χ2n) is 9.13. The standard InChI is InChI=1S/C23H29ClN6O2/c1-28-4-6-29(7-5-28)22(32)19-11-26-23(30-12-17-9-18(17)13-30)27-21(19)25-10-15-2-3-16(14-31)20(24)8-15/h2-3,8,11,17-18,31H,4-7,9-10,12-14H2,1H3,(H,25,26,27). The maximum atomic E-state index is 13.3. The zero-order valence-electron chi connectivity index (χ0n) is 18.3. The van der Waals surface area contributed by atoms with Crippen LogP contribution in [0.4, 0.5) is 11.8 Å². The Labute approximate surface area is 193 Å². The van der Waals surface area contributed by atoms with E-state index in [1.807, 2.05) is 23.1 Å². The van der Waals surface area contributed by atoms with E-state index in [4.69, 9.17) is 16.6 Å². The zero-order valence-corrected chi connectivity index (χ0v) is 19.1. The molecule has 2 N–H and O–H groups in total. The van der Waals surface area contributed by atoms with Gasteiger partial charge in [-0.1, -0.05) is 23.7 Å². The minimum absolute atomic E-state index is 0.0370. The van der Waals surface area contributed by atoms with Crippen molar-refractivity contribution in [1.29, 1.82) is 0 Å². The van der Waals surface area contributed by atoms with E-state index in [-0.39, 0.29) is 12.5 Å². The van der Waals surface area contributed by atoms with Gasteiger partial charge in [0.05, 0.1) is 6.61 Å². The highest BCUT2D eigenvalue weighted by Crippen LogP contribution is 2.45. The first-order valence-corrected chi connectivity index (χ1v) is 11.6. The molecule has 1 aromatic carbocycles. The molecule has 8 nitrogen and oxygen atoms in total. The number of aliphatic hydroxyl groups excluding tert-OH is 1. The second-order valence-corrected chi connectivity index (χ2v) is 9.53. The van der Waals surface area contributed by atoms with Crippen molar-refractivity contribution in [2.45, 2.75) is 19.6 Å². The van der Waals surface area contributed by atoms with Crippen LogP contribution in [0.1, 0.15) is 27.9 Å². The van der Waals surface area contributed by atoms with E-state index in [0.29, 0.717) is 47.6 Å². The Morgan fingerprint density at radius 2 is 1.97 bits per heavy atom. The number of fused-ring (bicyclic) bond motifs is 1. The van der Waals surface area contributed by atoms with E-state index in [9.17, 15) is 9.90 Å². The third-order valence-corrected chi connectivity index (χ3v) is 7.16. The quantitative estimate of drug-likeness (QED) is 0.688. The van der Waals surface area contributed by atoms with Gasteiger partial charge in [-0.2, -0.15) is 4.98 Å². The highest BCUT2D eigenvalue weighted by molar-refractivity contribution is 6.31. The number of aliphatic hydroxyl groups is 1. The molecule has 1 aliphatic carbocycles. The van der Waals surface area contributed by atoms with Crippen LogP contribution in [-0.4, -0.2) is 77.1 Å². The summed E-state index contributed by atoms with van der Waals surface area (Å²) in [6.45, 7) is 5.48. The number of nitrogens with zero attached hydrogens (tertiary/aromatic N) is 5. The lowest BCUT2D eigenvalue weighted by Gasteiger charge is -2.32. The predicted octanol–water partition coefficient (Wildman–Crippen LogP) is 2.08. The van der Waals surface area contributed by atoms with E-state index < -0.39 is 0 Å². The van der Waals surface area contributed by atoms with Gasteiger partial charge in [0.2, 0.25) is 5.95 Å². The van der Waals surface area contributed by atoms with Crippen LogP contribution in [0.5, 0.6) is 0 Å². The third kappa shape index (κ3) is 4.40. The van der Waals surface area contributed by atoms with Gasteiger partial charge in [-0.3, -0.25) is 4.79 Å². The number of anilines is 2. The second kappa shape index (κ2) is 8.84. The van der Waals surface area contributed by atoms with Crippen molar-refractivity contribution in [3.63, 3.8) is 0 Å². The van der Waals surface area contributed by atoms with E-state index >= 15 is 0 Å². The van der Waals surface area contributed by atoms with Crippen LogP contribution in [0.2, 0.25) is 5.02 Å². The van der Waals surface area contributed by atoms with Crippen LogP contribution in [0.3, 0.4) is 0 Å². The molecule has 0 spiro atoms. The van der Waals surface area contributed by atoms with Crippen LogP contribution in [0.25, 0.3) is 0 Å². The SMILES string of the molecule is CN1CCN(C(=O)c2cnc(N3CC4CC4C3)nc2NCc2ccc(CO)c(Cl)c2)CC1. The Morgan fingerprint density at radius 3 is 2.66 bits per heavy atom. The predicted molar refractivity (Wildman–Crippen MR) is 124 cm³/mol. The Kier molecular flexibility index (Phi) is 5.92. The summed E-state index contributed by atoms with van der Waals surface area (Å²) in [5.74, 6) is 2.75. The summed E-state index contributed by atoms with van der Waals surface area (Å²) in [6.07, 6.45) is 2.99. The smallest absolute Gasteiger partial charge is 0.259 e. The lowest BCUT2D eigenvalue weighted by Crippen LogP contribution is -2.47. The number of piperidine rings is 1. The number of halogens is 1. The first-order valence-electron chi connectivity index (χ1n) is 11.2. The van der Waals surface area contributed by atoms with Gasteiger partial charge in [-0.05, 0) is 42.5 Å². The van der Waals surface area contributed by atoms with Crippen LogP contribution >= 0.6 is 11.6 Å². The number of nitrogens with one attached hydrogen (secondary N) is 1. The molecule has 1 aromatic heterocycles. The molecule has 1 saturated carbocycles. The highest BCUT2D eigenvalue weighted by Gasteiger charge is 2.46. The summed E-state index contributed by atoms with van der Waals surface area (Å²) < 4.78 is 0. The molecule has 0 bridgehead atoms. The number of likely N-dealkylation sites (N-methyl/N-ethyl adjacent to an activating group) is 1. The van der Waals surface area contributed by atoms with Crippen LogP contribution in [-0.2, 0) is 13.2 Å². The first kappa shape index (κ1) is 21.4. The van der Waals surface area contributed by atoms with Gasteiger partial charge in [0.1, 0.15) is 11.4 Å². The van der Waals surface area contributed by atoms with Gasteiger partial charge in [0.25, 0.3) is 5.91 Å². The molecule has 32 heavy (non-hydrogen) atoms. The number of rotatable bonds is 6. The highest BCUT2D eigenvalue weighted by atomic mass is 35.5. The summed E-state index contributed by atoms with van der Waals surface area (Å²) in [5, 5.41) is 13.2. The van der Waals surface area contributed by atoms with Crippen molar-refractivity contribution < 1.29 is 9.90 Å². The molecule has 2 aliphatic heterocycles. The van der Waals surface area contributed by atoms with Crippen molar-refractivity contribution in [3.05, 3.63) is 46.1 Å². The minimum Gasteiger partial charge on any atom is -0.392 e. The van der Waals surface area contributed by atoms with E-state index in [1.54, 1.807) is 6.20 Å². The maximum Gasteiger partial charge on any atom is 0.259 e. The first-order chi connectivity index (χ1) is 15.5. The Bertz CT molecular complexity index is 1000. The van der Waals surface area contributed by atoms with Crippen molar-refractivity contribution in [1.82, 2.24) is 19.8 Å². The molecule has 3 aliphatic rings. The molecule has 9 heteroatoms. The van der Waals surface area contributed by atoms with Crippen molar-refractivity contribution >= 4 is 29.3 Å². The van der Waals surface area contributed by atoms with Crippen LogP contribution < -0.4 is 10.2 Å². The number of hydrogen-bond acceptors (Lipinski definition) is 7. The average molecular weight is 457 g/mol. The average Bonchev–Trinajstić information content (AvgIpc) is 3.42. The van der Waals surface area contributed by atoms with Crippen molar-refractivity contribution in [2.75, 3.05) is 56.5 Å². The summed E-state index contributed by atoms with van der Waals surface area (Å²) in [7, 11) is 2.07. The molecular weight excluding hydrogens is 428 g/mol. The molecule has 3 heterocycles. The Hall–Kier alpha value is -2.42. The Morgan fingerprint density at radius 1 is 1.22 bits per heavy atom. The maximum absolute atomic E-state index is 13.3. The molecule has 170 valence electrons. The summed E-state index contributed by atoms with van der Waals surface area (Å²) >= 11 is 6.25. The van der Waals surface area contributed by atoms with Crippen molar-refractivity contribution in [2.24, 2.45) is 11.8 Å². The zero-order chi connectivity index (χ0) is 22.2. The largest absolute Gasteiger partial charge is 0.392 e. The molecule has 1 amide bonds. The molecule has 2 atom stereocenters. The number of amides is 1. The third-order valence-electron chi connectivity index (χ3n) is 6.81.